The van der Waals surface area contributed by atoms with E-state index in [0.717, 1.165) is 6.42 Å². The zero-order valence-corrected chi connectivity index (χ0v) is 12.5. The number of rotatable bonds is 8. The number of nitro benzene ring substituents is 1. The Balaban J connectivity index is 2.86. The van der Waals surface area contributed by atoms with Crippen LogP contribution in [-0.2, 0) is 4.74 Å². The third-order valence-corrected chi connectivity index (χ3v) is 2.97. The predicted octanol–water partition coefficient (Wildman–Crippen LogP) is 2.18. The van der Waals surface area contributed by atoms with Crippen molar-refractivity contribution in [2.45, 2.75) is 26.4 Å². The van der Waals surface area contributed by atoms with Crippen LogP contribution in [0.2, 0.25) is 0 Å². The summed E-state index contributed by atoms with van der Waals surface area (Å²) in [7, 11) is 1.55. The van der Waals surface area contributed by atoms with Crippen LogP contribution in [-0.4, -0.2) is 37.1 Å². The monoisotopic (exact) mass is 295 g/mol. The van der Waals surface area contributed by atoms with Gasteiger partial charge < -0.3 is 15.4 Å². The molecular formula is C14H21N3O4. The van der Waals surface area contributed by atoms with Gasteiger partial charge in [-0.1, -0.05) is 6.92 Å². The van der Waals surface area contributed by atoms with Crippen molar-refractivity contribution in [1.29, 1.82) is 0 Å². The third-order valence-electron chi connectivity index (χ3n) is 2.97. The van der Waals surface area contributed by atoms with Crippen LogP contribution in [0.3, 0.4) is 0 Å². The molecule has 21 heavy (non-hydrogen) atoms. The molecule has 0 saturated heterocycles. The Morgan fingerprint density at radius 2 is 2.19 bits per heavy atom. The molecule has 0 saturated carbocycles. The van der Waals surface area contributed by atoms with E-state index in [4.69, 9.17) is 4.74 Å². The lowest BCUT2D eigenvalue weighted by Crippen LogP contribution is -2.31. The van der Waals surface area contributed by atoms with Gasteiger partial charge in [0.25, 0.3) is 11.6 Å². The number of nitrogens with one attached hydrogen (secondary N) is 2. The van der Waals surface area contributed by atoms with Gasteiger partial charge >= 0.3 is 0 Å². The van der Waals surface area contributed by atoms with Crippen molar-refractivity contribution in [3.63, 3.8) is 0 Å². The van der Waals surface area contributed by atoms with Crippen molar-refractivity contribution < 1.29 is 14.5 Å². The van der Waals surface area contributed by atoms with E-state index in [9.17, 15) is 14.9 Å². The van der Waals surface area contributed by atoms with Crippen LogP contribution in [0.15, 0.2) is 18.2 Å². The van der Waals surface area contributed by atoms with Gasteiger partial charge in [-0.25, -0.2) is 0 Å². The average Bonchev–Trinajstić information content (AvgIpc) is 2.49. The zero-order valence-electron chi connectivity index (χ0n) is 12.5. The van der Waals surface area contributed by atoms with Gasteiger partial charge in [0.05, 0.1) is 11.0 Å². The maximum Gasteiger partial charge on any atom is 0.293 e. The lowest BCUT2D eigenvalue weighted by atomic mass is 10.1. The van der Waals surface area contributed by atoms with Gasteiger partial charge in [-0.3, -0.25) is 14.9 Å². The second-order valence-corrected chi connectivity index (χ2v) is 4.67. The molecule has 0 aliphatic rings. The molecule has 7 heteroatoms. The van der Waals surface area contributed by atoms with Crippen molar-refractivity contribution >= 4 is 17.3 Å². The Morgan fingerprint density at radius 1 is 1.48 bits per heavy atom. The Hall–Kier alpha value is -2.15. The molecule has 0 fully saturated rings. The second-order valence-electron chi connectivity index (χ2n) is 4.67. The molecule has 0 aromatic heterocycles. The smallest absolute Gasteiger partial charge is 0.293 e. The number of nitro groups is 1. The summed E-state index contributed by atoms with van der Waals surface area (Å²) < 4.78 is 5.03. The van der Waals surface area contributed by atoms with E-state index >= 15 is 0 Å². The molecule has 1 unspecified atom stereocenters. The largest absolute Gasteiger partial charge is 0.380 e. The van der Waals surface area contributed by atoms with Crippen LogP contribution in [0.1, 0.15) is 30.6 Å². The van der Waals surface area contributed by atoms with Gasteiger partial charge in [-0.15, -0.1) is 0 Å². The minimum atomic E-state index is -0.493. The van der Waals surface area contributed by atoms with E-state index in [1.165, 1.54) is 6.07 Å². The summed E-state index contributed by atoms with van der Waals surface area (Å²) in [6.07, 6.45) is 0.739. The van der Waals surface area contributed by atoms with Crippen LogP contribution in [0, 0.1) is 10.1 Å². The van der Waals surface area contributed by atoms with Crippen LogP contribution >= 0.6 is 0 Å². The maximum atomic E-state index is 12.0. The molecule has 116 valence electrons. The van der Waals surface area contributed by atoms with Crippen LogP contribution in [0.5, 0.6) is 0 Å². The van der Waals surface area contributed by atoms with Gasteiger partial charge in [0.2, 0.25) is 0 Å². The van der Waals surface area contributed by atoms with E-state index in [2.05, 4.69) is 10.6 Å². The highest BCUT2D eigenvalue weighted by molar-refractivity contribution is 5.95. The van der Waals surface area contributed by atoms with Crippen molar-refractivity contribution in [1.82, 2.24) is 5.32 Å². The number of hydrogen-bond donors (Lipinski definition) is 2. The molecule has 1 rings (SSSR count). The zero-order chi connectivity index (χ0) is 15.8. The van der Waals surface area contributed by atoms with Crippen LogP contribution in [0.25, 0.3) is 0 Å². The lowest BCUT2D eigenvalue weighted by molar-refractivity contribution is -0.384. The summed E-state index contributed by atoms with van der Waals surface area (Å²) >= 11 is 0. The SMILES string of the molecule is CCCNc1ccc(C(=O)NCC(C)OC)cc1[N+](=O)[O-]. The number of hydrogen-bond acceptors (Lipinski definition) is 5. The molecule has 1 aromatic carbocycles. The van der Waals surface area contributed by atoms with E-state index in [1.807, 2.05) is 13.8 Å². The fraction of sp³-hybridized carbons (Fsp3) is 0.500. The van der Waals surface area contributed by atoms with Gasteiger partial charge in [0.1, 0.15) is 5.69 Å². The standard InChI is InChI=1S/C14H21N3O4/c1-4-7-15-12-6-5-11(8-13(12)17(19)20)14(18)16-9-10(2)21-3/h5-6,8,10,15H,4,7,9H2,1-3H3,(H,16,18). The number of anilines is 1. The molecule has 0 aliphatic carbocycles. The molecule has 1 atom stereocenters. The quantitative estimate of drug-likeness (QED) is 0.566. The van der Waals surface area contributed by atoms with Crippen molar-refractivity contribution in [3.8, 4) is 0 Å². The molecule has 7 nitrogen and oxygen atoms in total. The Kier molecular flexibility index (Phi) is 6.61. The predicted molar refractivity (Wildman–Crippen MR) is 80.7 cm³/mol. The van der Waals surface area contributed by atoms with Crippen LogP contribution < -0.4 is 10.6 Å². The van der Waals surface area contributed by atoms with E-state index in [1.54, 1.807) is 19.2 Å². The number of carbonyl (C=O) groups is 1. The normalized spacial score (nSPS) is 11.8. The summed E-state index contributed by atoms with van der Waals surface area (Å²) in [6, 6.07) is 4.41. The Bertz CT molecular complexity index is 505. The average molecular weight is 295 g/mol. The molecule has 2 N–H and O–H groups in total. The minimum Gasteiger partial charge on any atom is -0.380 e. The van der Waals surface area contributed by atoms with Gasteiger partial charge in [-0.2, -0.15) is 0 Å². The maximum absolute atomic E-state index is 12.0. The first-order valence-electron chi connectivity index (χ1n) is 6.82. The highest BCUT2D eigenvalue weighted by atomic mass is 16.6. The topological polar surface area (TPSA) is 93.5 Å². The summed E-state index contributed by atoms with van der Waals surface area (Å²) in [6.45, 7) is 4.77. The van der Waals surface area contributed by atoms with Crippen LogP contribution in [0.4, 0.5) is 11.4 Å². The first kappa shape index (κ1) is 16.9. The summed E-state index contributed by atoms with van der Waals surface area (Å²) in [5.41, 5.74) is 0.576. The molecule has 0 spiro atoms. The highest BCUT2D eigenvalue weighted by Gasteiger charge is 2.17. The van der Waals surface area contributed by atoms with Crippen molar-refractivity contribution in [2.24, 2.45) is 0 Å². The van der Waals surface area contributed by atoms with Gasteiger partial charge in [-0.05, 0) is 25.5 Å². The first-order chi connectivity index (χ1) is 9.99. The molecule has 0 bridgehead atoms. The summed E-state index contributed by atoms with van der Waals surface area (Å²) in [5, 5.41) is 16.7. The fourth-order valence-electron chi connectivity index (χ4n) is 1.65. The summed E-state index contributed by atoms with van der Waals surface area (Å²) in [4.78, 5) is 22.5. The van der Waals surface area contributed by atoms with Crippen molar-refractivity contribution in [2.75, 3.05) is 25.5 Å². The number of benzene rings is 1. The molecule has 1 aromatic rings. The number of ether oxygens (including phenoxy) is 1. The molecule has 1 amide bonds. The van der Waals surface area contributed by atoms with E-state index in [-0.39, 0.29) is 23.3 Å². The van der Waals surface area contributed by atoms with E-state index < -0.39 is 4.92 Å². The second kappa shape index (κ2) is 8.21. The number of amides is 1. The van der Waals surface area contributed by atoms with Gasteiger partial charge in [0.15, 0.2) is 0 Å². The van der Waals surface area contributed by atoms with E-state index in [0.29, 0.717) is 18.8 Å². The molecular weight excluding hydrogens is 274 g/mol. The minimum absolute atomic E-state index is 0.101. The molecule has 0 aliphatic heterocycles. The Morgan fingerprint density at radius 3 is 2.76 bits per heavy atom. The number of nitrogens with zero attached hydrogens (tertiary/aromatic N) is 1. The number of carbonyl (C=O) groups excluding carboxylic acids is 1. The highest BCUT2D eigenvalue weighted by Crippen LogP contribution is 2.25. The lowest BCUT2D eigenvalue weighted by Gasteiger charge is -2.11. The Labute approximate surface area is 123 Å². The molecule has 0 radical (unpaired) electrons. The van der Waals surface area contributed by atoms with Crippen molar-refractivity contribution in [3.05, 3.63) is 33.9 Å². The first-order valence-corrected chi connectivity index (χ1v) is 6.82. The summed E-state index contributed by atoms with van der Waals surface area (Å²) in [5.74, 6) is -0.357. The fourth-order valence-corrected chi connectivity index (χ4v) is 1.65. The number of methoxy groups -OCH3 is 1. The van der Waals surface area contributed by atoms with Gasteiger partial charge in [0, 0.05) is 31.8 Å². The third kappa shape index (κ3) is 5.03. The molecule has 0 heterocycles.